The third kappa shape index (κ3) is 3.47. The first-order valence-electron chi connectivity index (χ1n) is 7.36. The zero-order valence-electron chi connectivity index (χ0n) is 13.5. The van der Waals surface area contributed by atoms with E-state index in [9.17, 15) is 27.8 Å². The predicted octanol–water partition coefficient (Wildman–Crippen LogP) is 3.06. The Morgan fingerprint density at radius 3 is 2.46 bits per heavy atom. The highest BCUT2D eigenvalue weighted by Crippen LogP contribution is 2.38. The van der Waals surface area contributed by atoms with Crippen molar-refractivity contribution in [2.45, 2.75) is 0 Å². The van der Waals surface area contributed by atoms with Crippen LogP contribution >= 0.6 is 0 Å². The van der Waals surface area contributed by atoms with Gasteiger partial charge in [-0.3, -0.25) is 0 Å². The molecular formula is C17H14FNO6S. The Balaban J connectivity index is 2.16. The number of phenols is 1. The fourth-order valence-electron chi connectivity index (χ4n) is 2.50. The lowest BCUT2D eigenvalue weighted by Gasteiger charge is -2.07. The third-order valence-corrected chi connectivity index (χ3v) is 4.32. The Morgan fingerprint density at radius 1 is 1.23 bits per heavy atom. The first kappa shape index (κ1) is 17.7. The summed E-state index contributed by atoms with van der Waals surface area (Å²) in [6.45, 7) is 0. The molecule has 0 fully saturated rings. The highest BCUT2D eigenvalue weighted by atomic mass is 32.2. The molecule has 0 unspecified atom stereocenters. The van der Waals surface area contributed by atoms with E-state index in [4.69, 9.17) is 4.42 Å². The minimum Gasteiger partial charge on any atom is -0.506 e. The van der Waals surface area contributed by atoms with Crippen molar-refractivity contribution < 1.29 is 32.2 Å². The SMILES string of the molecule is CS(=O)(=O)CNc1cc2oc(-c3ccc(F)cc3)c(C(=O)O)c2cc1O. The van der Waals surface area contributed by atoms with E-state index in [0.29, 0.717) is 5.56 Å². The largest absolute Gasteiger partial charge is 0.506 e. The number of aromatic hydroxyl groups is 1. The Labute approximate surface area is 147 Å². The second kappa shape index (κ2) is 6.34. The first-order chi connectivity index (χ1) is 12.2. The summed E-state index contributed by atoms with van der Waals surface area (Å²) in [4.78, 5) is 11.7. The molecule has 0 saturated carbocycles. The predicted molar refractivity (Wildman–Crippen MR) is 93.6 cm³/mol. The number of carboxylic acids is 1. The Kier molecular flexibility index (Phi) is 4.33. The lowest BCUT2D eigenvalue weighted by Crippen LogP contribution is -2.12. The van der Waals surface area contributed by atoms with E-state index in [2.05, 4.69) is 5.32 Å². The molecule has 0 saturated heterocycles. The van der Waals surface area contributed by atoms with Gasteiger partial charge in [-0.25, -0.2) is 17.6 Å². The number of fused-ring (bicyclic) bond motifs is 1. The van der Waals surface area contributed by atoms with Crippen molar-refractivity contribution >= 4 is 32.5 Å². The molecule has 0 atom stereocenters. The molecule has 26 heavy (non-hydrogen) atoms. The molecule has 0 bridgehead atoms. The van der Waals surface area contributed by atoms with Crippen LogP contribution < -0.4 is 5.32 Å². The second-order valence-corrected chi connectivity index (χ2v) is 7.87. The summed E-state index contributed by atoms with van der Waals surface area (Å²) < 4.78 is 41.3. The number of anilines is 1. The summed E-state index contributed by atoms with van der Waals surface area (Å²) in [6.07, 6.45) is 1.03. The summed E-state index contributed by atoms with van der Waals surface area (Å²) in [6, 6.07) is 7.59. The van der Waals surface area contributed by atoms with Crippen LogP contribution in [0.1, 0.15) is 10.4 Å². The number of halogens is 1. The van der Waals surface area contributed by atoms with Crippen molar-refractivity contribution in [1.29, 1.82) is 0 Å². The summed E-state index contributed by atoms with van der Waals surface area (Å²) in [7, 11) is -3.34. The van der Waals surface area contributed by atoms with Gasteiger partial charge in [0.1, 0.15) is 34.4 Å². The lowest BCUT2D eigenvalue weighted by molar-refractivity contribution is 0.0699. The van der Waals surface area contributed by atoms with Crippen LogP contribution in [0.15, 0.2) is 40.8 Å². The van der Waals surface area contributed by atoms with Crippen LogP contribution in [0, 0.1) is 5.82 Å². The van der Waals surface area contributed by atoms with Crippen molar-refractivity contribution in [3.8, 4) is 17.1 Å². The lowest BCUT2D eigenvalue weighted by atomic mass is 10.1. The summed E-state index contributed by atoms with van der Waals surface area (Å²) in [5.41, 5.74) is 0.386. The number of furan rings is 1. The normalized spacial score (nSPS) is 11.6. The molecule has 3 N–H and O–H groups in total. The molecule has 0 aliphatic carbocycles. The van der Waals surface area contributed by atoms with Crippen molar-refractivity contribution in [3.63, 3.8) is 0 Å². The third-order valence-electron chi connectivity index (χ3n) is 3.65. The molecule has 1 aromatic heterocycles. The average molecular weight is 379 g/mol. The highest BCUT2D eigenvalue weighted by Gasteiger charge is 2.23. The number of phenolic OH excluding ortho intramolecular Hbond substituents is 1. The molecular weight excluding hydrogens is 365 g/mol. The number of rotatable bonds is 5. The van der Waals surface area contributed by atoms with Crippen LogP contribution in [-0.4, -0.2) is 36.7 Å². The first-order valence-corrected chi connectivity index (χ1v) is 9.42. The molecule has 0 radical (unpaired) electrons. The van der Waals surface area contributed by atoms with E-state index >= 15 is 0 Å². The van der Waals surface area contributed by atoms with Gasteiger partial charge in [0.15, 0.2) is 9.84 Å². The molecule has 2 aromatic carbocycles. The molecule has 136 valence electrons. The van der Waals surface area contributed by atoms with E-state index in [0.717, 1.165) is 6.26 Å². The maximum absolute atomic E-state index is 13.1. The summed E-state index contributed by atoms with van der Waals surface area (Å²) >= 11 is 0. The number of nitrogens with one attached hydrogen (secondary N) is 1. The number of benzene rings is 2. The number of hydrogen-bond acceptors (Lipinski definition) is 6. The van der Waals surface area contributed by atoms with E-state index in [1.165, 1.54) is 36.4 Å². The van der Waals surface area contributed by atoms with Gasteiger partial charge in [-0.05, 0) is 30.3 Å². The van der Waals surface area contributed by atoms with Gasteiger partial charge in [0, 0.05) is 23.3 Å². The van der Waals surface area contributed by atoms with E-state index in [1.54, 1.807) is 0 Å². The number of carbonyl (C=O) groups is 1. The topological polar surface area (TPSA) is 117 Å². The standard InChI is InChI=1S/C17H14FNO6S/c1-26(23,24)8-19-12-7-14-11(6-13(12)20)15(17(21)22)16(25-14)9-2-4-10(18)5-3-9/h2-7,19-20H,8H2,1H3,(H,21,22). The van der Waals surface area contributed by atoms with Crippen LogP contribution in [0.3, 0.4) is 0 Å². The fraction of sp³-hybridized carbons (Fsp3) is 0.118. The minimum atomic E-state index is -3.34. The maximum atomic E-state index is 13.1. The Hall–Kier alpha value is -3.07. The van der Waals surface area contributed by atoms with Crippen LogP contribution in [0.2, 0.25) is 0 Å². The number of carboxylic acid groups (broad SMARTS) is 1. The smallest absolute Gasteiger partial charge is 0.340 e. The van der Waals surface area contributed by atoms with Gasteiger partial charge < -0.3 is 19.9 Å². The zero-order valence-corrected chi connectivity index (χ0v) is 14.3. The van der Waals surface area contributed by atoms with Gasteiger partial charge in [0.05, 0.1) is 5.69 Å². The number of aromatic carboxylic acids is 1. The molecule has 1 heterocycles. The molecule has 3 rings (SSSR count). The molecule has 0 aliphatic heterocycles. The average Bonchev–Trinajstić information content (AvgIpc) is 2.91. The van der Waals surface area contributed by atoms with E-state index in [1.807, 2.05) is 0 Å². The summed E-state index contributed by atoms with van der Waals surface area (Å²) in [5, 5.41) is 22.3. The van der Waals surface area contributed by atoms with Crippen LogP contribution in [0.25, 0.3) is 22.3 Å². The van der Waals surface area contributed by atoms with Gasteiger partial charge in [-0.2, -0.15) is 0 Å². The van der Waals surface area contributed by atoms with Gasteiger partial charge in [0.25, 0.3) is 0 Å². The van der Waals surface area contributed by atoms with Crippen molar-refractivity contribution in [2.75, 3.05) is 17.4 Å². The highest BCUT2D eigenvalue weighted by molar-refractivity contribution is 7.90. The van der Waals surface area contributed by atoms with Gasteiger partial charge in [0.2, 0.25) is 0 Å². The maximum Gasteiger partial charge on any atom is 0.340 e. The fourth-order valence-corrected chi connectivity index (χ4v) is 2.92. The Bertz CT molecular complexity index is 1100. The van der Waals surface area contributed by atoms with Gasteiger partial charge in [-0.1, -0.05) is 0 Å². The monoisotopic (exact) mass is 379 g/mol. The number of sulfone groups is 1. The zero-order chi connectivity index (χ0) is 19.1. The molecule has 0 aliphatic rings. The van der Waals surface area contributed by atoms with Gasteiger partial charge >= 0.3 is 5.97 Å². The second-order valence-electron chi connectivity index (χ2n) is 5.73. The van der Waals surface area contributed by atoms with E-state index in [-0.39, 0.29) is 33.7 Å². The van der Waals surface area contributed by atoms with Gasteiger partial charge in [-0.15, -0.1) is 0 Å². The molecule has 0 amide bonds. The van der Waals surface area contributed by atoms with E-state index < -0.39 is 27.5 Å². The molecule has 9 heteroatoms. The van der Waals surface area contributed by atoms with Crippen molar-refractivity contribution in [2.24, 2.45) is 0 Å². The minimum absolute atomic E-state index is 0.00663. The Morgan fingerprint density at radius 2 is 1.88 bits per heavy atom. The number of hydrogen-bond donors (Lipinski definition) is 3. The molecule has 0 spiro atoms. The summed E-state index contributed by atoms with van der Waals surface area (Å²) in [5.74, 6) is -2.49. The quantitative estimate of drug-likeness (QED) is 0.583. The van der Waals surface area contributed by atoms with Crippen molar-refractivity contribution in [1.82, 2.24) is 0 Å². The molecule has 7 nitrogen and oxygen atoms in total. The van der Waals surface area contributed by atoms with Crippen LogP contribution in [0.4, 0.5) is 10.1 Å². The van der Waals surface area contributed by atoms with Crippen LogP contribution in [0.5, 0.6) is 5.75 Å². The van der Waals surface area contributed by atoms with Crippen molar-refractivity contribution in [3.05, 3.63) is 47.8 Å². The molecule has 3 aromatic rings. The van der Waals surface area contributed by atoms with Crippen LogP contribution in [-0.2, 0) is 9.84 Å².